The van der Waals surface area contributed by atoms with Gasteiger partial charge in [0.15, 0.2) is 0 Å². The van der Waals surface area contributed by atoms with Gasteiger partial charge in [-0.3, -0.25) is 0 Å². The molecule has 0 saturated heterocycles. The molecule has 2 rings (SSSR count). The van der Waals surface area contributed by atoms with Gasteiger partial charge in [0.1, 0.15) is 5.82 Å². The highest BCUT2D eigenvalue weighted by molar-refractivity contribution is 5.32. The molecule has 0 nitrogen and oxygen atoms in total. The van der Waals surface area contributed by atoms with Crippen LogP contribution in [-0.4, -0.2) is 0 Å². The molecule has 0 heterocycles. The zero-order valence-corrected chi connectivity index (χ0v) is 15.2. The molecule has 23 heavy (non-hydrogen) atoms. The first-order chi connectivity index (χ1) is 11.2. The predicted octanol–water partition coefficient (Wildman–Crippen LogP) is 7.41. The molecule has 0 bridgehead atoms. The summed E-state index contributed by atoms with van der Waals surface area (Å²) in [4.78, 5) is 0. The minimum absolute atomic E-state index is 0.105. The van der Waals surface area contributed by atoms with E-state index in [1.165, 1.54) is 82.6 Å². The van der Waals surface area contributed by atoms with Crippen molar-refractivity contribution in [1.82, 2.24) is 0 Å². The molecule has 0 atom stereocenters. The summed E-state index contributed by atoms with van der Waals surface area (Å²) < 4.78 is 13.3. The van der Waals surface area contributed by atoms with E-state index in [0.717, 1.165) is 5.92 Å². The Labute approximate surface area is 142 Å². The standard InChI is InChI=1S/C22H35F/c1-3-5-7-9-11-19(12-10-8-6-4-2)22(17-18-22)20-13-15-21(23)16-14-20/h13-16,19H,3-12,17-18H2,1-2H3. The topological polar surface area (TPSA) is 0 Å². The summed E-state index contributed by atoms with van der Waals surface area (Å²) in [6.45, 7) is 4.56. The Morgan fingerprint density at radius 3 is 1.78 bits per heavy atom. The largest absolute Gasteiger partial charge is 0.207 e. The summed E-state index contributed by atoms with van der Waals surface area (Å²) >= 11 is 0. The van der Waals surface area contributed by atoms with E-state index in [0.29, 0.717) is 5.41 Å². The smallest absolute Gasteiger partial charge is 0.123 e. The summed E-state index contributed by atoms with van der Waals surface area (Å²) in [7, 11) is 0. The SMILES string of the molecule is CCCCCCC(CCCCCC)C1(c2ccc(F)cc2)CC1. The van der Waals surface area contributed by atoms with Crippen LogP contribution < -0.4 is 0 Å². The Morgan fingerprint density at radius 2 is 1.35 bits per heavy atom. The number of rotatable bonds is 12. The number of unbranched alkanes of at least 4 members (excludes halogenated alkanes) is 6. The van der Waals surface area contributed by atoms with Crippen molar-refractivity contribution >= 4 is 0 Å². The molecule has 0 aliphatic heterocycles. The summed E-state index contributed by atoms with van der Waals surface area (Å²) in [5, 5.41) is 0. The molecule has 1 aromatic carbocycles. The van der Waals surface area contributed by atoms with E-state index < -0.39 is 0 Å². The lowest BCUT2D eigenvalue weighted by molar-refractivity contribution is 0.326. The highest BCUT2D eigenvalue weighted by Gasteiger charge is 2.49. The third kappa shape index (κ3) is 5.33. The average molecular weight is 319 g/mol. The zero-order chi connectivity index (χ0) is 16.5. The molecule has 1 saturated carbocycles. The molecule has 0 aromatic heterocycles. The fourth-order valence-electron chi connectivity index (χ4n) is 4.18. The van der Waals surface area contributed by atoms with Crippen molar-refractivity contribution in [3.05, 3.63) is 35.6 Å². The maximum Gasteiger partial charge on any atom is 0.123 e. The third-order valence-electron chi connectivity index (χ3n) is 5.80. The van der Waals surface area contributed by atoms with Gasteiger partial charge < -0.3 is 0 Å². The van der Waals surface area contributed by atoms with Gasteiger partial charge >= 0.3 is 0 Å². The number of hydrogen-bond donors (Lipinski definition) is 0. The maximum atomic E-state index is 13.3. The van der Waals surface area contributed by atoms with Gasteiger partial charge in [-0.2, -0.15) is 0 Å². The highest BCUT2D eigenvalue weighted by Crippen LogP contribution is 2.56. The molecule has 0 unspecified atom stereocenters. The Hall–Kier alpha value is -0.850. The van der Waals surface area contributed by atoms with Crippen LogP contribution >= 0.6 is 0 Å². The second-order valence-electron chi connectivity index (χ2n) is 7.56. The van der Waals surface area contributed by atoms with Gasteiger partial charge in [0, 0.05) is 0 Å². The van der Waals surface area contributed by atoms with Crippen LogP contribution in [0.25, 0.3) is 0 Å². The molecule has 1 aliphatic carbocycles. The van der Waals surface area contributed by atoms with E-state index in [1.807, 2.05) is 12.1 Å². The first-order valence-electron chi connectivity index (χ1n) is 9.99. The van der Waals surface area contributed by atoms with Gasteiger partial charge in [-0.05, 0) is 54.7 Å². The maximum absolute atomic E-state index is 13.3. The average Bonchev–Trinajstić information content (AvgIpc) is 3.36. The van der Waals surface area contributed by atoms with Crippen molar-refractivity contribution < 1.29 is 4.39 Å². The molecular weight excluding hydrogens is 283 g/mol. The molecule has 1 aliphatic rings. The van der Waals surface area contributed by atoms with Crippen LogP contribution in [0.2, 0.25) is 0 Å². The second-order valence-corrected chi connectivity index (χ2v) is 7.56. The van der Waals surface area contributed by atoms with Gasteiger partial charge in [-0.15, -0.1) is 0 Å². The molecule has 1 fully saturated rings. The monoisotopic (exact) mass is 318 g/mol. The number of benzene rings is 1. The van der Waals surface area contributed by atoms with Crippen LogP contribution in [0.1, 0.15) is 96.5 Å². The van der Waals surface area contributed by atoms with E-state index in [4.69, 9.17) is 0 Å². The third-order valence-corrected chi connectivity index (χ3v) is 5.80. The fourth-order valence-corrected chi connectivity index (χ4v) is 4.18. The van der Waals surface area contributed by atoms with Crippen LogP contribution in [0.3, 0.4) is 0 Å². The highest BCUT2D eigenvalue weighted by atomic mass is 19.1. The number of hydrogen-bond acceptors (Lipinski definition) is 0. The van der Waals surface area contributed by atoms with Gasteiger partial charge in [-0.1, -0.05) is 77.3 Å². The van der Waals surface area contributed by atoms with Crippen LogP contribution in [0.5, 0.6) is 0 Å². The molecule has 0 amide bonds. The molecule has 1 aromatic rings. The van der Waals surface area contributed by atoms with Crippen LogP contribution in [0, 0.1) is 11.7 Å². The Balaban J connectivity index is 1.97. The van der Waals surface area contributed by atoms with Crippen molar-refractivity contribution in [1.29, 1.82) is 0 Å². The van der Waals surface area contributed by atoms with Crippen LogP contribution in [0.4, 0.5) is 4.39 Å². The zero-order valence-electron chi connectivity index (χ0n) is 15.2. The minimum atomic E-state index is -0.105. The van der Waals surface area contributed by atoms with Crippen molar-refractivity contribution in [2.24, 2.45) is 5.92 Å². The lowest BCUT2D eigenvalue weighted by atomic mass is 9.77. The van der Waals surface area contributed by atoms with Crippen molar-refractivity contribution in [3.63, 3.8) is 0 Å². The summed E-state index contributed by atoms with van der Waals surface area (Å²) in [6, 6.07) is 7.40. The minimum Gasteiger partial charge on any atom is -0.207 e. The lowest BCUT2D eigenvalue weighted by Crippen LogP contribution is -2.21. The number of halogens is 1. The van der Waals surface area contributed by atoms with Crippen LogP contribution in [0.15, 0.2) is 24.3 Å². The Kier molecular flexibility index (Phi) is 7.59. The molecule has 0 spiro atoms. The van der Waals surface area contributed by atoms with E-state index >= 15 is 0 Å². The van der Waals surface area contributed by atoms with Crippen molar-refractivity contribution in [2.75, 3.05) is 0 Å². The second kappa shape index (κ2) is 9.45. The summed E-state index contributed by atoms with van der Waals surface area (Å²) in [5.74, 6) is 0.702. The van der Waals surface area contributed by atoms with Crippen molar-refractivity contribution in [2.45, 2.75) is 96.3 Å². The van der Waals surface area contributed by atoms with E-state index in [1.54, 1.807) is 12.1 Å². The Morgan fingerprint density at radius 1 is 0.826 bits per heavy atom. The Bertz CT molecular complexity index is 418. The molecule has 130 valence electrons. The molecule has 0 radical (unpaired) electrons. The lowest BCUT2D eigenvalue weighted by Gasteiger charge is -2.28. The van der Waals surface area contributed by atoms with Gasteiger partial charge in [0.05, 0.1) is 0 Å². The van der Waals surface area contributed by atoms with E-state index in [2.05, 4.69) is 13.8 Å². The first-order valence-corrected chi connectivity index (χ1v) is 9.99. The first kappa shape index (κ1) is 18.5. The quantitative estimate of drug-likeness (QED) is 0.352. The van der Waals surface area contributed by atoms with Crippen LogP contribution in [-0.2, 0) is 5.41 Å². The normalized spacial score (nSPS) is 16.0. The fraction of sp³-hybridized carbons (Fsp3) is 0.727. The summed E-state index contributed by atoms with van der Waals surface area (Å²) in [6.07, 6.45) is 16.2. The van der Waals surface area contributed by atoms with E-state index in [9.17, 15) is 4.39 Å². The van der Waals surface area contributed by atoms with Gasteiger partial charge in [-0.25, -0.2) is 4.39 Å². The molecule has 0 N–H and O–H groups in total. The van der Waals surface area contributed by atoms with Crippen molar-refractivity contribution in [3.8, 4) is 0 Å². The molecular formula is C22H35F. The van der Waals surface area contributed by atoms with E-state index in [-0.39, 0.29) is 5.82 Å². The summed E-state index contributed by atoms with van der Waals surface area (Å²) in [5.41, 5.74) is 1.78. The molecule has 1 heteroatoms. The predicted molar refractivity (Wildman–Crippen MR) is 98.3 cm³/mol. The van der Waals surface area contributed by atoms with Gasteiger partial charge in [0.25, 0.3) is 0 Å². The van der Waals surface area contributed by atoms with Gasteiger partial charge in [0.2, 0.25) is 0 Å².